The zero-order valence-corrected chi connectivity index (χ0v) is 11.1. The first-order chi connectivity index (χ1) is 8.61. The minimum Gasteiger partial charge on any atom is -0.469 e. The van der Waals surface area contributed by atoms with Crippen molar-refractivity contribution >= 4 is 11.6 Å². The number of halogens is 2. The van der Waals surface area contributed by atoms with E-state index in [-0.39, 0.29) is 16.9 Å². The Morgan fingerprint density at radius 1 is 1.44 bits per heavy atom. The Hall–Kier alpha value is -1.32. The molecule has 2 aromatic rings. The Labute approximate surface area is 111 Å². The van der Waals surface area contributed by atoms with E-state index in [1.54, 1.807) is 12.3 Å². The normalized spacial score (nSPS) is 12.7. The maximum atomic E-state index is 13.4. The molecular weight excluding hydrogens is 253 g/mol. The van der Waals surface area contributed by atoms with Crippen LogP contribution in [0.3, 0.4) is 0 Å². The summed E-state index contributed by atoms with van der Waals surface area (Å²) in [7, 11) is 1.86. The van der Waals surface area contributed by atoms with Crippen LogP contribution in [0.2, 0.25) is 5.02 Å². The third kappa shape index (κ3) is 2.74. The highest BCUT2D eigenvalue weighted by Gasteiger charge is 2.15. The fourth-order valence-electron chi connectivity index (χ4n) is 1.96. The van der Waals surface area contributed by atoms with Gasteiger partial charge in [0.25, 0.3) is 0 Å². The molecule has 2 nitrogen and oxygen atoms in total. The molecule has 0 aliphatic heterocycles. The minimum absolute atomic E-state index is 0.0572. The van der Waals surface area contributed by atoms with Crippen molar-refractivity contribution in [2.24, 2.45) is 0 Å². The van der Waals surface area contributed by atoms with Crippen LogP contribution in [0, 0.1) is 12.7 Å². The van der Waals surface area contributed by atoms with Gasteiger partial charge in [0.2, 0.25) is 0 Å². The first-order valence-corrected chi connectivity index (χ1v) is 6.14. The van der Waals surface area contributed by atoms with Gasteiger partial charge in [-0.2, -0.15) is 0 Å². The second-order valence-corrected chi connectivity index (χ2v) is 4.63. The molecule has 96 valence electrons. The van der Waals surface area contributed by atoms with Crippen molar-refractivity contribution in [3.8, 4) is 0 Å². The van der Waals surface area contributed by atoms with E-state index in [0.29, 0.717) is 6.42 Å². The molecule has 1 atom stereocenters. The van der Waals surface area contributed by atoms with Gasteiger partial charge < -0.3 is 9.73 Å². The number of benzene rings is 1. The molecule has 1 N–H and O–H groups in total. The highest BCUT2D eigenvalue weighted by Crippen LogP contribution is 2.26. The lowest BCUT2D eigenvalue weighted by atomic mass is 10.0. The summed E-state index contributed by atoms with van der Waals surface area (Å²) >= 11 is 5.96. The molecule has 2 rings (SSSR count). The van der Waals surface area contributed by atoms with Gasteiger partial charge in [-0.05, 0) is 38.1 Å². The van der Waals surface area contributed by atoms with Crippen molar-refractivity contribution in [1.29, 1.82) is 0 Å². The van der Waals surface area contributed by atoms with E-state index in [2.05, 4.69) is 5.32 Å². The quantitative estimate of drug-likeness (QED) is 0.909. The molecule has 0 amide bonds. The zero-order chi connectivity index (χ0) is 13.1. The highest BCUT2D eigenvalue weighted by molar-refractivity contribution is 6.31. The van der Waals surface area contributed by atoms with E-state index in [4.69, 9.17) is 16.0 Å². The summed E-state index contributed by atoms with van der Waals surface area (Å²) in [6.07, 6.45) is 2.33. The zero-order valence-electron chi connectivity index (χ0n) is 10.3. The van der Waals surface area contributed by atoms with Crippen LogP contribution in [0.15, 0.2) is 34.9 Å². The summed E-state index contributed by atoms with van der Waals surface area (Å²) in [6.45, 7) is 1.89. The SMILES string of the molecule is CNC(Cc1cccc(F)c1Cl)c1coc(C)c1. The van der Waals surface area contributed by atoms with E-state index in [1.165, 1.54) is 6.07 Å². The lowest BCUT2D eigenvalue weighted by molar-refractivity contribution is 0.520. The standard InChI is InChI=1S/C14H15ClFNO/c1-9-6-11(8-18-9)13(17-2)7-10-4-3-5-12(16)14(10)15/h3-6,8,13,17H,7H2,1-2H3. The Morgan fingerprint density at radius 3 is 2.83 bits per heavy atom. The number of furan rings is 1. The van der Waals surface area contributed by atoms with Gasteiger partial charge in [0.05, 0.1) is 11.3 Å². The molecule has 0 aliphatic rings. The van der Waals surface area contributed by atoms with Gasteiger partial charge in [-0.15, -0.1) is 0 Å². The van der Waals surface area contributed by atoms with Gasteiger partial charge in [0.1, 0.15) is 11.6 Å². The van der Waals surface area contributed by atoms with Crippen LogP contribution in [0.5, 0.6) is 0 Å². The summed E-state index contributed by atoms with van der Waals surface area (Å²) in [6, 6.07) is 6.89. The van der Waals surface area contributed by atoms with Crippen LogP contribution in [0.4, 0.5) is 4.39 Å². The average Bonchev–Trinajstić information content (AvgIpc) is 2.78. The lowest BCUT2D eigenvalue weighted by Gasteiger charge is -2.15. The number of nitrogens with one attached hydrogen (secondary N) is 1. The first-order valence-electron chi connectivity index (χ1n) is 5.77. The molecule has 0 radical (unpaired) electrons. The van der Waals surface area contributed by atoms with Gasteiger partial charge in [0.15, 0.2) is 0 Å². The number of likely N-dealkylation sites (N-methyl/N-ethyl adjacent to an activating group) is 1. The molecule has 1 heterocycles. The number of rotatable bonds is 4. The van der Waals surface area contributed by atoms with E-state index in [0.717, 1.165) is 16.9 Å². The maximum Gasteiger partial charge on any atom is 0.142 e. The van der Waals surface area contributed by atoms with Gasteiger partial charge in [-0.25, -0.2) is 4.39 Å². The average molecular weight is 268 g/mol. The molecule has 0 fully saturated rings. The molecular formula is C14H15ClFNO. The van der Waals surface area contributed by atoms with Crippen molar-refractivity contribution < 1.29 is 8.81 Å². The number of hydrogen-bond donors (Lipinski definition) is 1. The summed E-state index contributed by atoms with van der Waals surface area (Å²) in [4.78, 5) is 0. The second-order valence-electron chi connectivity index (χ2n) is 4.25. The maximum absolute atomic E-state index is 13.4. The van der Waals surface area contributed by atoms with E-state index in [9.17, 15) is 4.39 Å². The van der Waals surface area contributed by atoms with E-state index < -0.39 is 0 Å². The summed E-state index contributed by atoms with van der Waals surface area (Å²) in [5.41, 5.74) is 1.82. The summed E-state index contributed by atoms with van der Waals surface area (Å²) in [5.74, 6) is 0.475. The van der Waals surface area contributed by atoms with Crippen molar-refractivity contribution in [3.05, 3.63) is 58.3 Å². The molecule has 0 saturated heterocycles. The van der Waals surface area contributed by atoms with Crippen LogP contribution in [-0.2, 0) is 6.42 Å². The molecule has 0 aliphatic carbocycles. The van der Waals surface area contributed by atoms with Gasteiger partial charge in [-0.3, -0.25) is 0 Å². The van der Waals surface area contributed by atoms with Crippen molar-refractivity contribution in [2.75, 3.05) is 7.05 Å². The monoisotopic (exact) mass is 267 g/mol. The Bertz CT molecular complexity index is 538. The van der Waals surface area contributed by atoms with Crippen molar-refractivity contribution in [1.82, 2.24) is 5.32 Å². The third-order valence-corrected chi connectivity index (χ3v) is 3.38. The van der Waals surface area contributed by atoms with Gasteiger partial charge >= 0.3 is 0 Å². The van der Waals surface area contributed by atoms with Crippen LogP contribution in [0.1, 0.15) is 22.9 Å². The molecule has 1 unspecified atom stereocenters. The van der Waals surface area contributed by atoms with Gasteiger partial charge in [-0.1, -0.05) is 23.7 Å². The van der Waals surface area contributed by atoms with E-state index >= 15 is 0 Å². The largest absolute Gasteiger partial charge is 0.469 e. The first kappa shape index (κ1) is 13.1. The van der Waals surface area contributed by atoms with Gasteiger partial charge in [0, 0.05) is 11.6 Å². The number of hydrogen-bond acceptors (Lipinski definition) is 2. The Balaban J connectivity index is 2.23. The number of aryl methyl sites for hydroxylation is 1. The molecule has 4 heteroatoms. The fraction of sp³-hybridized carbons (Fsp3) is 0.286. The second kappa shape index (κ2) is 5.55. The summed E-state index contributed by atoms with van der Waals surface area (Å²) in [5, 5.41) is 3.38. The Kier molecular flexibility index (Phi) is 4.04. The van der Waals surface area contributed by atoms with Crippen LogP contribution in [0.25, 0.3) is 0 Å². The fourth-order valence-corrected chi connectivity index (χ4v) is 2.16. The minimum atomic E-state index is -0.382. The topological polar surface area (TPSA) is 25.2 Å². The van der Waals surface area contributed by atoms with E-state index in [1.807, 2.05) is 26.1 Å². The van der Waals surface area contributed by atoms with Crippen LogP contribution < -0.4 is 5.32 Å². The predicted octanol–water partition coefficient (Wildman–Crippen LogP) is 3.88. The molecule has 0 bridgehead atoms. The molecule has 0 saturated carbocycles. The highest BCUT2D eigenvalue weighted by atomic mass is 35.5. The smallest absolute Gasteiger partial charge is 0.142 e. The molecule has 1 aromatic carbocycles. The summed E-state index contributed by atoms with van der Waals surface area (Å²) < 4.78 is 18.7. The molecule has 18 heavy (non-hydrogen) atoms. The molecule has 0 spiro atoms. The lowest BCUT2D eigenvalue weighted by Crippen LogP contribution is -2.18. The predicted molar refractivity (Wildman–Crippen MR) is 70.4 cm³/mol. The third-order valence-electron chi connectivity index (χ3n) is 2.96. The van der Waals surface area contributed by atoms with Crippen LogP contribution in [-0.4, -0.2) is 7.05 Å². The Morgan fingerprint density at radius 2 is 2.22 bits per heavy atom. The van der Waals surface area contributed by atoms with Crippen molar-refractivity contribution in [3.63, 3.8) is 0 Å². The van der Waals surface area contributed by atoms with Crippen LogP contribution >= 0.6 is 11.6 Å². The van der Waals surface area contributed by atoms with Crippen molar-refractivity contribution in [2.45, 2.75) is 19.4 Å². The molecule has 1 aromatic heterocycles.